The lowest BCUT2D eigenvalue weighted by atomic mass is 9.96. The predicted octanol–water partition coefficient (Wildman–Crippen LogP) is 2.34. The van der Waals surface area contributed by atoms with Crippen LogP contribution in [0, 0.1) is 11.3 Å². The first-order valence-corrected chi connectivity index (χ1v) is 8.43. The summed E-state index contributed by atoms with van der Waals surface area (Å²) in [6.07, 6.45) is 7.97. The number of carbonyl (C=O) groups is 1. The fourth-order valence-electron chi connectivity index (χ4n) is 3.35. The second-order valence-corrected chi connectivity index (χ2v) is 6.24. The maximum Gasteiger partial charge on any atom is 0.317 e. The number of amides is 2. The fourth-order valence-corrected chi connectivity index (χ4v) is 3.35. The van der Waals surface area contributed by atoms with E-state index in [1.807, 2.05) is 4.90 Å². The van der Waals surface area contributed by atoms with Gasteiger partial charge in [0.1, 0.15) is 0 Å². The van der Waals surface area contributed by atoms with Crippen LogP contribution in [0.25, 0.3) is 0 Å². The average molecular weight is 292 g/mol. The highest BCUT2D eigenvalue weighted by Gasteiger charge is 2.26. The van der Waals surface area contributed by atoms with Gasteiger partial charge in [0.05, 0.1) is 12.1 Å². The van der Waals surface area contributed by atoms with E-state index < -0.39 is 0 Å². The maximum absolute atomic E-state index is 12.3. The van der Waals surface area contributed by atoms with Crippen LogP contribution in [0.2, 0.25) is 0 Å². The molecule has 2 amide bonds. The molecule has 0 aromatic carbocycles. The van der Waals surface area contributed by atoms with Crippen LogP contribution < -0.4 is 5.32 Å². The first-order valence-electron chi connectivity index (χ1n) is 8.43. The molecule has 2 fully saturated rings. The zero-order valence-electron chi connectivity index (χ0n) is 13.2. The third kappa shape index (κ3) is 4.60. The van der Waals surface area contributed by atoms with Crippen molar-refractivity contribution in [1.29, 1.82) is 5.26 Å². The molecule has 0 aromatic heterocycles. The van der Waals surface area contributed by atoms with Crippen LogP contribution in [0.3, 0.4) is 0 Å². The maximum atomic E-state index is 12.3. The van der Waals surface area contributed by atoms with Gasteiger partial charge in [-0.05, 0) is 19.3 Å². The minimum Gasteiger partial charge on any atom is -0.335 e. The summed E-state index contributed by atoms with van der Waals surface area (Å²) in [7, 11) is 0. The van der Waals surface area contributed by atoms with E-state index in [2.05, 4.69) is 23.2 Å². The highest BCUT2D eigenvalue weighted by molar-refractivity contribution is 5.74. The van der Waals surface area contributed by atoms with Gasteiger partial charge in [0, 0.05) is 32.2 Å². The monoisotopic (exact) mass is 292 g/mol. The van der Waals surface area contributed by atoms with E-state index in [9.17, 15) is 10.1 Å². The van der Waals surface area contributed by atoms with E-state index in [0.29, 0.717) is 6.04 Å². The third-order valence-electron chi connectivity index (χ3n) is 4.69. The van der Waals surface area contributed by atoms with Crippen molar-refractivity contribution in [3.8, 4) is 6.07 Å². The van der Waals surface area contributed by atoms with Crippen LogP contribution in [0.5, 0.6) is 0 Å². The number of nitriles is 1. The van der Waals surface area contributed by atoms with Crippen molar-refractivity contribution in [3.63, 3.8) is 0 Å². The number of urea groups is 1. The Hall–Kier alpha value is -1.28. The lowest BCUT2D eigenvalue weighted by Crippen LogP contribution is -2.55. The normalized spacial score (nSPS) is 22.6. The summed E-state index contributed by atoms with van der Waals surface area (Å²) in [5.74, 6) is 0. The summed E-state index contributed by atoms with van der Waals surface area (Å²) in [4.78, 5) is 16.4. The Kier molecular flexibility index (Phi) is 6.31. The molecule has 0 bridgehead atoms. The molecule has 1 heterocycles. The van der Waals surface area contributed by atoms with Crippen LogP contribution in [0.4, 0.5) is 4.79 Å². The fraction of sp³-hybridized carbons (Fsp3) is 0.875. The van der Waals surface area contributed by atoms with Crippen LogP contribution in [0.1, 0.15) is 51.9 Å². The largest absolute Gasteiger partial charge is 0.335 e. The number of nitrogens with zero attached hydrogens (tertiary/aromatic N) is 3. The van der Waals surface area contributed by atoms with Crippen LogP contribution in [0.15, 0.2) is 0 Å². The zero-order chi connectivity index (χ0) is 15.1. The van der Waals surface area contributed by atoms with Gasteiger partial charge in [0.15, 0.2) is 0 Å². The summed E-state index contributed by atoms with van der Waals surface area (Å²) in [6.45, 7) is 5.21. The predicted molar refractivity (Wildman–Crippen MR) is 82.9 cm³/mol. The number of nitrogens with one attached hydrogen (secondary N) is 1. The second kappa shape index (κ2) is 8.23. The van der Waals surface area contributed by atoms with Crippen molar-refractivity contribution in [2.45, 2.75) is 64.0 Å². The van der Waals surface area contributed by atoms with Crippen molar-refractivity contribution in [2.24, 2.45) is 0 Å². The molecule has 1 aliphatic heterocycles. The van der Waals surface area contributed by atoms with Crippen molar-refractivity contribution in [2.75, 3.05) is 26.2 Å². The van der Waals surface area contributed by atoms with Gasteiger partial charge in [0.25, 0.3) is 0 Å². The molecule has 0 aromatic rings. The van der Waals surface area contributed by atoms with Gasteiger partial charge in [-0.3, -0.25) is 4.90 Å². The van der Waals surface area contributed by atoms with E-state index in [-0.39, 0.29) is 12.1 Å². The molecule has 0 spiro atoms. The lowest BCUT2D eigenvalue weighted by Gasteiger charge is -2.37. The summed E-state index contributed by atoms with van der Waals surface area (Å²) in [5, 5.41) is 12.4. The molecule has 1 aliphatic carbocycles. The summed E-state index contributed by atoms with van der Waals surface area (Å²) < 4.78 is 0. The number of carbonyl (C=O) groups excluding carboxylic acids is 1. The van der Waals surface area contributed by atoms with Crippen molar-refractivity contribution < 1.29 is 4.79 Å². The van der Waals surface area contributed by atoms with E-state index >= 15 is 0 Å². The Morgan fingerprint density at radius 3 is 2.48 bits per heavy atom. The number of rotatable bonds is 4. The number of hydrogen-bond donors (Lipinski definition) is 1. The zero-order valence-corrected chi connectivity index (χ0v) is 13.2. The molecule has 0 radical (unpaired) electrons. The van der Waals surface area contributed by atoms with Gasteiger partial charge < -0.3 is 10.2 Å². The summed E-state index contributed by atoms with van der Waals surface area (Å²) in [6, 6.07) is 2.86. The van der Waals surface area contributed by atoms with E-state index in [4.69, 9.17) is 0 Å². The molecule has 1 unspecified atom stereocenters. The molecular formula is C16H28N4O. The lowest BCUT2D eigenvalue weighted by molar-refractivity contribution is 0.118. The minimum absolute atomic E-state index is 0.0126. The van der Waals surface area contributed by atoms with Gasteiger partial charge in [-0.2, -0.15) is 5.26 Å². The van der Waals surface area contributed by atoms with Crippen molar-refractivity contribution >= 4 is 6.03 Å². The molecule has 2 rings (SSSR count). The Bertz CT molecular complexity index is 365. The third-order valence-corrected chi connectivity index (χ3v) is 4.69. The molecule has 1 atom stereocenters. The van der Waals surface area contributed by atoms with Gasteiger partial charge >= 0.3 is 6.03 Å². The molecular weight excluding hydrogens is 264 g/mol. The molecule has 5 heteroatoms. The average Bonchev–Trinajstić information content (AvgIpc) is 2.54. The summed E-state index contributed by atoms with van der Waals surface area (Å²) in [5.41, 5.74) is 0. The van der Waals surface area contributed by atoms with Crippen molar-refractivity contribution in [3.05, 3.63) is 0 Å². The van der Waals surface area contributed by atoms with Gasteiger partial charge in [-0.15, -0.1) is 0 Å². The Morgan fingerprint density at radius 2 is 1.90 bits per heavy atom. The first-order chi connectivity index (χ1) is 10.2. The van der Waals surface area contributed by atoms with E-state index in [1.54, 1.807) is 0 Å². The smallest absolute Gasteiger partial charge is 0.317 e. The van der Waals surface area contributed by atoms with E-state index in [0.717, 1.165) is 51.9 Å². The topological polar surface area (TPSA) is 59.4 Å². The van der Waals surface area contributed by atoms with Crippen LogP contribution in [-0.2, 0) is 0 Å². The first kappa shape index (κ1) is 16.1. The molecule has 118 valence electrons. The number of hydrogen-bond acceptors (Lipinski definition) is 3. The quantitative estimate of drug-likeness (QED) is 0.865. The molecule has 2 aliphatic rings. The second-order valence-electron chi connectivity index (χ2n) is 6.24. The standard InChI is InChI=1S/C16H28N4O/c1-2-6-15(13-17)19-9-11-20(12-10-19)16(21)18-14-7-4-3-5-8-14/h14-15H,2-12H2,1H3,(H,18,21). The highest BCUT2D eigenvalue weighted by atomic mass is 16.2. The minimum atomic E-state index is 0.0126. The van der Waals surface area contributed by atoms with Crippen LogP contribution in [-0.4, -0.2) is 54.1 Å². The van der Waals surface area contributed by atoms with Gasteiger partial charge in [-0.25, -0.2) is 4.79 Å². The van der Waals surface area contributed by atoms with Crippen molar-refractivity contribution in [1.82, 2.24) is 15.1 Å². The molecule has 1 saturated carbocycles. The van der Waals surface area contributed by atoms with Crippen LogP contribution >= 0.6 is 0 Å². The van der Waals surface area contributed by atoms with Gasteiger partial charge in [-0.1, -0.05) is 32.6 Å². The SMILES string of the molecule is CCCC(C#N)N1CCN(C(=O)NC2CCCCC2)CC1. The molecule has 1 N–H and O–H groups in total. The van der Waals surface area contributed by atoms with Gasteiger partial charge in [0.2, 0.25) is 0 Å². The van der Waals surface area contributed by atoms with E-state index in [1.165, 1.54) is 19.3 Å². The Labute approximate surface area is 128 Å². The number of piperazine rings is 1. The summed E-state index contributed by atoms with van der Waals surface area (Å²) >= 11 is 0. The Morgan fingerprint density at radius 1 is 1.24 bits per heavy atom. The molecule has 5 nitrogen and oxygen atoms in total. The molecule has 1 saturated heterocycles. The Balaban J connectivity index is 1.75. The molecule has 21 heavy (non-hydrogen) atoms. The highest BCUT2D eigenvalue weighted by Crippen LogP contribution is 2.18.